The predicted molar refractivity (Wildman–Crippen MR) is 84.5 cm³/mol. The van der Waals surface area contributed by atoms with Crippen LogP contribution in [0, 0.1) is 0 Å². The largest absolute Gasteiger partial charge is 0.484 e. The van der Waals surface area contributed by atoms with Crippen molar-refractivity contribution < 1.29 is 14.3 Å². The first-order chi connectivity index (χ1) is 10.2. The Morgan fingerprint density at radius 1 is 1.38 bits per heavy atom. The van der Waals surface area contributed by atoms with Gasteiger partial charge in [-0.2, -0.15) is 0 Å². The summed E-state index contributed by atoms with van der Waals surface area (Å²) in [6.45, 7) is 5.32. The van der Waals surface area contributed by atoms with E-state index in [1.54, 1.807) is 0 Å². The van der Waals surface area contributed by atoms with E-state index in [-0.39, 0.29) is 12.5 Å². The summed E-state index contributed by atoms with van der Waals surface area (Å²) in [4.78, 5) is 14.0. The highest BCUT2D eigenvalue weighted by atomic mass is 79.9. The Bertz CT molecular complexity index is 450. The number of morpholine rings is 1. The Kier molecular flexibility index (Phi) is 6.99. The molecule has 2 rings (SSSR count). The van der Waals surface area contributed by atoms with Crippen LogP contribution in [0.25, 0.3) is 0 Å². The lowest BCUT2D eigenvalue weighted by molar-refractivity contribution is -0.123. The van der Waals surface area contributed by atoms with Gasteiger partial charge in [0, 0.05) is 24.1 Å². The summed E-state index contributed by atoms with van der Waals surface area (Å²) in [5.41, 5.74) is 0. The fraction of sp³-hybridized carbons (Fsp3) is 0.533. The van der Waals surface area contributed by atoms with Crippen LogP contribution < -0.4 is 10.1 Å². The third kappa shape index (κ3) is 6.46. The number of ether oxygens (including phenoxy) is 2. The Morgan fingerprint density at radius 2 is 2.19 bits per heavy atom. The average molecular weight is 357 g/mol. The molecule has 0 radical (unpaired) electrons. The number of benzene rings is 1. The molecule has 0 unspecified atom stereocenters. The molecule has 0 atom stereocenters. The molecule has 1 aromatic rings. The zero-order valence-electron chi connectivity index (χ0n) is 12.0. The fourth-order valence-corrected chi connectivity index (χ4v) is 2.49. The molecule has 1 saturated heterocycles. The van der Waals surface area contributed by atoms with Crippen molar-refractivity contribution >= 4 is 21.8 Å². The maximum atomic E-state index is 11.7. The minimum absolute atomic E-state index is 0.0496. The summed E-state index contributed by atoms with van der Waals surface area (Å²) in [5, 5.41) is 2.87. The number of amides is 1. The van der Waals surface area contributed by atoms with E-state index in [0.29, 0.717) is 12.3 Å². The van der Waals surface area contributed by atoms with Crippen LogP contribution >= 0.6 is 15.9 Å². The highest BCUT2D eigenvalue weighted by Gasteiger charge is 2.09. The molecule has 1 aliphatic heterocycles. The highest BCUT2D eigenvalue weighted by molar-refractivity contribution is 9.10. The number of nitrogens with zero attached hydrogens (tertiary/aromatic N) is 1. The molecule has 0 aliphatic carbocycles. The Labute approximate surface area is 133 Å². The summed E-state index contributed by atoms with van der Waals surface area (Å²) in [6, 6.07) is 7.46. The number of carbonyl (C=O) groups is 1. The van der Waals surface area contributed by atoms with Crippen LogP contribution in [-0.2, 0) is 9.53 Å². The molecule has 0 aromatic heterocycles. The molecule has 1 aromatic carbocycles. The van der Waals surface area contributed by atoms with E-state index in [1.165, 1.54) is 0 Å². The van der Waals surface area contributed by atoms with Crippen LogP contribution in [0.4, 0.5) is 0 Å². The molecular weight excluding hydrogens is 336 g/mol. The average Bonchev–Trinajstić information content (AvgIpc) is 2.51. The number of carbonyl (C=O) groups excluding carboxylic acids is 1. The third-order valence-corrected chi connectivity index (χ3v) is 3.74. The molecule has 1 fully saturated rings. The van der Waals surface area contributed by atoms with Crippen molar-refractivity contribution in [3.05, 3.63) is 28.7 Å². The maximum Gasteiger partial charge on any atom is 0.257 e. The predicted octanol–water partition coefficient (Wildman–Crippen LogP) is 1.67. The number of nitrogens with one attached hydrogen (secondary N) is 1. The van der Waals surface area contributed by atoms with Crippen molar-refractivity contribution in [3.8, 4) is 5.75 Å². The van der Waals surface area contributed by atoms with E-state index in [4.69, 9.17) is 9.47 Å². The molecule has 116 valence electrons. The van der Waals surface area contributed by atoms with E-state index < -0.39 is 0 Å². The second-order valence-corrected chi connectivity index (χ2v) is 5.82. The Hall–Kier alpha value is -1.11. The lowest BCUT2D eigenvalue weighted by atomic mass is 10.3. The lowest BCUT2D eigenvalue weighted by Crippen LogP contribution is -2.38. The molecule has 21 heavy (non-hydrogen) atoms. The van der Waals surface area contributed by atoms with Gasteiger partial charge in [-0.25, -0.2) is 0 Å². The van der Waals surface area contributed by atoms with Gasteiger partial charge in [-0.1, -0.05) is 22.0 Å². The van der Waals surface area contributed by atoms with Gasteiger partial charge in [0.15, 0.2) is 6.61 Å². The normalized spacial score (nSPS) is 15.7. The zero-order chi connectivity index (χ0) is 14.9. The molecule has 0 spiro atoms. The first-order valence-electron chi connectivity index (χ1n) is 7.19. The van der Waals surface area contributed by atoms with E-state index >= 15 is 0 Å². The SMILES string of the molecule is O=C(COc1cccc(Br)c1)NCCCN1CCOCC1. The van der Waals surface area contributed by atoms with Crippen molar-refractivity contribution in [2.75, 3.05) is 46.0 Å². The van der Waals surface area contributed by atoms with E-state index in [1.807, 2.05) is 24.3 Å². The standard InChI is InChI=1S/C15H21BrN2O3/c16-13-3-1-4-14(11-13)21-12-15(19)17-5-2-6-18-7-9-20-10-8-18/h1,3-4,11H,2,5-10,12H2,(H,17,19). The van der Waals surface area contributed by atoms with Gasteiger partial charge in [0.1, 0.15) is 5.75 Å². The fourth-order valence-electron chi connectivity index (χ4n) is 2.11. The Balaban J connectivity index is 1.55. The molecule has 6 heteroatoms. The van der Waals surface area contributed by atoms with E-state index in [9.17, 15) is 4.79 Å². The molecule has 5 nitrogen and oxygen atoms in total. The summed E-state index contributed by atoms with van der Waals surface area (Å²) >= 11 is 3.36. The first kappa shape index (κ1) is 16.3. The molecule has 0 saturated carbocycles. The van der Waals surface area contributed by atoms with Gasteiger partial charge in [-0.15, -0.1) is 0 Å². The molecule has 0 bridgehead atoms. The smallest absolute Gasteiger partial charge is 0.257 e. The van der Waals surface area contributed by atoms with E-state index in [0.717, 1.165) is 43.7 Å². The first-order valence-corrected chi connectivity index (χ1v) is 7.98. The number of hydrogen-bond acceptors (Lipinski definition) is 4. The van der Waals surface area contributed by atoms with Crippen molar-refractivity contribution in [1.82, 2.24) is 10.2 Å². The minimum atomic E-state index is -0.0862. The summed E-state index contributed by atoms with van der Waals surface area (Å²) < 4.78 is 11.7. The van der Waals surface area contributed by atoms with Gasteiger partial charge in [0.05, 0.1) is 13.2 Å². The number of rotatable bonds is 7. The molecule has 1 aliphatic rings. The van der Waals surface area contributed by atoms with E-state index in [2.05, 4.69) is 26.1 Å². The number of halogens is 1. The maximum absolute atomic E-state index is 11.7. The van der Waals surface area contributed by atoms with Gasteiger partial charge in [0.2, 0.25) is 0 Å². The van der Waals surface area contributed by atoms with Crippen molar-refractivity contribution in [1.29, 1.82) is 0 Å². The van der Waals surface area contributed by atoms with Crippen LogP contribution in [0.5, 0.6) is 5.75 Å². The highest BCUT2D eigenvalue weighted by Crippen LogP contribution is 2.17. The summed E-state index contributed by atoms with van der Waals surface area (Å²) in [7, 11) is 0. The van der Waals surface area contributed by atoms with Crippen LogP contribution in [0.3, 0.4) is 0 Å². The molecular formula is C15H21BrN2O3. The number of hydrogen-bond donors (Lipinski definition) is 1. The van der Waals surface area contributed by atoms with Crippen molar-refractivity contribution in [3.63, 3.8) is 0 Å². The molecule has 1 N–H and O–H groups in total. The topological polar surface area (TPSA) is 50.8 Å². The summed E-state index contributed by atoms with van der Waals surface area (Å²) in [5.74, 6) is 0.602. The second-order valence-electron chi connectivity index (χ2n) is 4.90. The van der Waals surface area contributed by atoms with Gasteiger partial charge in [0.25, 0.3) is 5.91 Å². The van der Waals surface area contributed by atoms with Gasteiger partial charge in [-0.3, -0.25) is 9.69 Å². The lowest BCUT2D eigenvalue weighted by Gasteiger charge is -2.26. The minimum Gasteiger partial charge on any atom is -0.484 e. The van der Waals surface area contributed by atoms with Crippen molar-refractivity contribution in [2.24, 2.45) is 0 Å². The van der Waals surface area contributed by atoms with Crippen molar-refractivity contribution in [2.45, 2.75) is 6.42 Å². The second kappa shape index (κ2) is 9.02. The summed E-state index contributed by atoms with van der Waals surface area (Å²) in [6.07, 6.45) is 0.947. The molecule has 1 amide bonds. The quantitative estimate of drug-likeness (QED) is 0.755. The van der Waals surface area contributed by atoms with Crippen LogP contribution in [-0.4, -0.2) is 56.8 Å². The zero-order valence-corrected chi connectivity index (χ0v) is 13.6. The molecule has 1 heterocycles. The van der Waals surface area contributed by atoms with Gasteiger partial charge >= 0.3 is 0 Å². The third-order valence-electron chi connectivity index (χ3n) is 3.24. The van der Waals surface area contributed by atoms with Crippen LogP contribution in [0.1, 0.15) is 6.42 Å². The van der Waals surface area contributed by atoms with Gasteiger partial charge < -0.3 is 14.8 Å². The Morgan fingerprint density at radius 3 is 2.95 bits per heavy atom. The van der Waals surface area contributed by atoms with Crippen LogP contribution in [0.15, 0.2) is 28.7 Å². The van der Waals surface area contributed by atoms with Crippen LogP contribution in [0.2, 0.25) is 0 Å². The van der Waals surface area contributed by atoms with Gasteiger partial charge in [-0.05, 0) is 31.2 Å². The monoisotopic (exact) mass is 356 g/mol.